The van der Waals surface area contributed by atoms with Gasteiger partial charge in [0.1, 0.15) is 17.7 Å². The van der Waals surface area contributed by atoms with E-state index in [9.17, 15) is 19.2 Å². The zero-order valence-corrected chi connectivity index (χ0v) is 15.8. The van der Waals surface area contributed by atoms with E-state index < -0.39 is 23.5 Å². The molecule has 1 aliphatic carbocycles. The summed E-state index contributed by atoms with van der Waals surface area (Å²) in [7, 11) is 0. The van der Waals surface area contributed by atoms with Crippen molar-refractivity contribution in [2.24, 2.45) is 5.41 Å². The number of ketones is 2. The summed E-state index contributed by atoms with van der Waals surface area (Å²) in [5, 5.41) is 0. The molecule has 0 saturated heterocycles. The number of carbonyl (C=O) groups is 4. The molecule has 0 spiro atoms. The predicted octanol–water partition coefficient (Wildman–Crippen LogP) is 3.05. The van der Waals surface area contributed by atoms with Gasteiger partial charge in [-0.25, -0.2) is 9.59 Å². The number of esters is 2. The number of Topliss-reactive ketones (excluding diaryl/α,β-unsaturated/α-hetero) is 2. The van der Waals surface area contributed by atoms with Crippen LogP contribution in [0.3, 0.4) is 0 Å². The third-order valence-electron chi connectivity index (χ3n) is 4.72. The van der Waals surface area contributed by atoms with Gasteiger partial charge in [0.25, 0.3) is 0 Å². The fourth-order valence-electron chi connectivity index (χ4n) is 3.07. The predicted molar refractivity (Wildman–Crippen MR) is 98.0 cm³/mol. The number of hydrogen-bond acceptors (Lipinski definition) is 6. The molecule has 0 heterocycles. The maximum atomic E-state index is 12.4. The Balaban J connectivity index is 2.26. The Bertz CT molecular complexity index is 746. The van der Waals surface area contributed by atoms with Crippen molar-refractivity contribution < 1.29 is 28.7 Å². The minimum Gasteiger partial charge on any atom is -0.463 e. The summed E-state index contributed by atoms with van der Waals surface area (Å²) in [4.78, 5) is 48.8. The summed E-state index contributed by atoms with van der Waals surface area (Å²) in [6.07, 6.45) is 0.922. The first-order valence-electron chi connectivity index (χ1n) is 8.96. The zero-order valence-electron chi connectivity index (χ0n) is 15.8. The second-order valence-corrected chi connectivity index (χ2v) is 6.76. The third kappa shape index (κ3) is 4.90. The van der Waals surface area contributed by atoms with Gasteiger partial charge in [-0.3, -0.25) is 9.59 Å². The number of carbonyl (C=O) groups excluding carboxylic acids is 4. The van der Waals surface area contributed by atoms with Gasteiger partial charge in [0, 0.05) is 24.8 Å². The van der Waals surface area contributed by atoms with Gasteiger partial charge in [-0.1, -0.05) is 18.2 Å². The monoisotopic (exact) mass is 372 g/mol. The van der Waals surface area contributed by atoms with E-state index in [0.717, 1.165) is 0 Å². The van der Waals surface area contributed by atoms with Gasteiger partial charge in [-0.15, -0.1) is 0 Å². The van der Waals surface area contributed by atoms with E-state index in [-0.39, 0.29) is 43.0 Å². The van der Waals surface area contributed by atoms with Crippen molar-refractivity contribution in [3.05, 3.63) is 47.5 Å². The molecule has 1 aromatic rings. The minimum absolute atomic E-state index is 0.0000146. The molecular weight excluding hydrogens is 348 g/mol. The number of rotatable bonds is 7. The molecule has 0 aromatic heterocycles. The van der Waals surface area contributed by atoms with Gasteiger partial charge in [0.05, 0.1) is 17.6 Å². The Labute approximate surface area is 158 Å². The van der Waals surface area contributed by atoms with Crippen molar-refractivity contribution in [2.75, 3.05) is 6.61 Å². The van der Waals surface area contributed by atoms with Crippen LogP contribution in [0.1, 0.15) is 50.4 Å². The maximum absolute atomic E-state index is 12.4. The van der Waals surface area contributed by atoms with Crippen molar-refractivity contribution >= 4 is 23.5 Å². The first-order chi connectivity index (χ1) is 12.8. The van der Waals surface area contributed by atoms with Crippen LogP contribution in [0.4, 0.5) is 0 Å². The number of hydrogen-bond donors (Lipinski definition) is 0. The fourth-order valence-corrected chi connectivity index (χ4v) is 3.07. The highest BCUT2D eigenvalue weighted by molar-refractivity contribution is 6.12. The summed E-state index contributed by atoms with van der Waals surface area (Å²) in [5.41, 5.74) is -0.615. The van der Waals surface area contributed by atoms with E-state index >= 15 is 0 Å². The second-order valence-electron chi connectivity index (χ2n) is 6.76. The second kappa shape index (κ2) is 8.75. The smallest absolute Gasteiger partial charge is 0.338 e. The van der Waals surface area contributed by atoms with E-state index in [1.165, 1.54) is 6.08 Å². The highest BCUT2D eigenvalue weighted by Crippen LogP contribution is 2.36. The normalized spacial score (nSPS) is 17.5. The highest BCUT2D eigenvalue weighted by Gasteiger charge is 2.46. The molecule has 1 atom stereocenters. The summed E-state index contributed by atoms with van der Waals surface area (Å²) in [6.45, 7) is 5.02. The van der Waals surface area contributed by atoms with Crippen LogP contribution in [0, 0.1) is 5.41 Å². The van der Waals surface area contributed by atoms with Crippen molar-refractivity contribution in [3.8, 4) is 0 Å². The van der Waals surface area contributed by atoms with E-state index in [1.54, 1.807) is 51.1 Å². The third-order valence-corrected chi connectivity index (χ3v) is 4.72. The summed E-state index contributed by atoms with van der Waals surface area (Å²) >= 11 is 0. The number of benzene rings is 1. The Morgan fingerprint density at radius 3 is 2.30 bits per heavy atom. The van der Waals surface area contributed by atoms with Crippen LogP contribution in [0.15, 0.2) is 42.0 Å². The molecule has 0 radical (unpaired) electrons. The van der Waals surface area contributed by atoms with Gasteiger partial charge in [0.2, 0.25) is 0 Å². The molecule has 0 amide bonds. The maximum Gasteiger partial charge on any atom is 0.338 e. The van der Waals surface area contributed by atoms with Crippen LogP contribution >= 0.6 is 0 Å². The molecule has 0 aliphatic heterocycles. The molecular formula is C21H24O6. The molecule has 0 unspecified atom stereocenters. The summed E-state index contributed by atoms with van der Waals surface area (Å²) < 4.78 is 10.5. The number of ether oxygens (including phenoxy) is 2. The minimum atomic E-state index is -1.22. The Morgan fingerprint density at radius 1 is 1.15 bits per heavy atom. The van der Waals surface area contributed by atoms with Crippen LogP contribution in [0.2, 0.25) is 0 Å². The molecule has 6 nitrogen and oxygen atoms in total. The molecule has 1 fully saturated rings. The molecule has 1 aromatic carbocycles. The molecule has 0 bridgehead atoms. The van der Waals surface area contributed by atoms with Crippen molar-refractivity contribution in [2.45, 2.75) is 46.1 Å². The largest absolute Gasteiger partial charge is 0.463 e. The van der Waals surface area contributed by atoms with Gasteiger partial charge in [0.15, 0.2) is 0 Å². The van der Waals surface area contributed by atoms with Crippen LogP contribution < -0.4 is 0 Å². The van der Waals surface area contributed by atoms with E-state index in [2.05, 4.69) is 0 Å². The van der Waals surface area contributed by atoms with Crippen molar-refractivity contribution in [3.63, 3.8) is 0 Å². The molecule has 27 heavy (non-hydrogen) atoms. The van der Waals surface area contributed by atoms with E-state index in [4.69, 9.17) is 9.47 Å². The molecule has 1 saturated carbocycles. The Morgan fingerprint density at radius 2 is 1.74 bits per heavy atom. The van der Waals surface area contributed by atoms with Crippen LogP contribution in [0.5, 0.6) is 0 Å². The fraction of sp³-hybridized carbons (Fsp3) is 0.429. The first kappa shape index (κ1) is 20.6. The summed E-state index contributed by atoms with van der Waals surface area (Å²) in [6, 6.07) is 8.40. The highest BCUT2D eigenvalue weighted by atomic mass is 16.5. The summed E-state index contributed by atoms with van der Waals surface area (Å²) in [5.74, 6) is -1.46. The van der Waals surface area contributed by atoms with Crippen LogP contribution in [-0.2, 0) is 23.9 Å². The molecule has 2 rings (SSSR count). The zero-order chi connectivity index (χ0) is 20.0. The van der Waals surface area contributed by atoms with Gasteiger partial charge in [-0.05, 0) is 39.0 Å². The van der Waals surface area contributed by atoms with Crippen LogP contribution in [0.25, 0.3) is 0 Å². The average Bonchev–Trinajstić information content (AvgIpc) is 2.89. The van der Waals surface area contributed by atoms with Gasteiger partial charge >= 0.3 is 11.9 Å². The molecule has 144 valence electrons. The lowest BCUT2D eigenvalue weighted by atomic mass is 9.80. The lowest BCUT2D eigenvalue weighted by Crippen LogP contribution is -2.35. The SMILES string of the molecule is CCOC(=O)/C(C)=C/[C@H](CC1(C)C(=O)CCC1=O)OC(=O)c1ccccc1. The van der Waals surface area contributed by atoms with E-state index in [1.807, 2.05) is 0 Å². The van der Waals surface area contributed by atoms with Crippen molar-refractivity contribution in [1.29, 1.82) is 0 Å². The molecule has 6 heteroatoms. The Kier molecular flexibility index (Phi) is 6.66. The standard InChI is InChI=1S/C21H24O6/c1-4-26-19(24)14(2)12-16(13-21(3)17(22)10-11-18(21)23)27-20(25)15-8-6-5-7-9-15/h5-9,12,16H,4,10-11,13H2,1-3H3/b14-12+/t16-/m1/s1. The van der Waals surface area contributed by atoms with Crippen LogP contribution in [-0.4, -0.2) is 36.2 Å². The lowest BCUT2D eigenvalue weighted by Gasteiger charge is -2.25. The van der Waals surface area contributed by atoms with Gasteiger partial charge in [-0.2, -0.15) is 0 Å². The average molecular weight is 372 g/mol. The molecule has 0 N–H and O–H groups in total. The first-order valence-corrected chi connectivity index (χ1v) is 8.96. The lowest BCUT2D eigenvalue weighted by molar-refractivity contribution is -0.138. The quantitative estimate of drug-likeness (QED) is 0.415. The Hall–Kier alpha value is -2.76. The van der Waals surface area contributed by atoms with Crippen molar-refractivity contribution in [1.82, 2.24) is 0 Å². The molecule has 1 aliphatic rings. The van der Waals surface area contributed by atoms with E-state index in [0.29, 0.717) is 5.56 Å². The topological polar surface area (TPSA) is 86.7 Å². The van der Waals surface area contributed by atoms with Gasteiger partial charge < -0.3 is 9.47 Å².